The third-order valence-electron chi connectivity index (χ3n) is 5.51. The first kappa shape index (κ1) is 22.9. The van der Waals surface area contributed by atoms with E-state index in [0.29, 0.717) is 39.0 Å². The Hall–Kier alpha value is -2.23. The van der Waals surface area contributed by atoms with Crippen LogP contribution in [0.25, 0.3) is 10.9 Å². The zero-order valence-corrected chi connectivity index (χ0v) is 18.3. The van der Waals surface area contributed by atoms with E-state index in [-0.39, 0.29) is 17.4 Å². The summed E-state index contributed by atoms with van der Waals surface area (Å²) in [6.45, 7) is 0.386. The molecule has 4 rings (SSSR count). The van der Waals surface area contributed by atoms with Gasteiger partial charge in [0.15, 0.2) is 6.10 Å². The number of ether oxygens (including phenoxy) is 1. The third kappa shape index (κ3) is 4.21. The number of carboxylic acids is 1. The van der Waals surface area contributed by atoms with Crippen LogP contribution in [0, 0.1) is 5.82 Å². The van der Waals surface area contributed by atoms with E-state index < -0.39 is 30.0 Å². The molecule has 2 unspecified atom stereocenters. The molecule has 32 heavy (non-hydrogen) atoms. The Labute approximate surface area is 190 Å². The molecule has 2 heterocycles. The second-order valence-electron chi connectivity index (χ2n) is 7.55. The normalized spacial score (nSPS) is 17.0. The smallest absolute Gasteiger partial charge is 0.418 e. The number of hydrogen-bond acceptors (Lipinski definition) is 3. The standard InChI is InChI=1S/C22H18ClF4NO3S/c1-31-21(22(25,26)27)15-9-13(24)10-16-18(15)20(32-14-4-2-12(23)3-5-14)19-11(8-17(29)30)6-7-28(16)19/h2-5,9-11,21H,6-8H2,1H3,(H,29,30). The minimum Gasteiger partial charge on any atom is -0.481 e. The maximum atomic E-state index is 14.5. The molecule has 1 aromatic heterocycles. The zero-order chi connectivity index (χ0) is 23.2. The quantitative estimate of drug-likeness (QED) is 0.389. The average molecular weight is 488 g/mol. The Kier molecular flexibility index (Phi) is 6.17. The van der Waals surface area contributed by atoms with Crippen molar-refractivity contribution >= 4 is 40.2 Å². The number of carboxylic acid groups (broad SMARTS) is 1. The van der Waals surface area contributed by atoms with Crippen molar-refractivity contribution in [1.82, 2.24) is 4.57 Å². The van der Waals surface area contributed by atoms with Crippen LogP contribution in [-0.4, -0.2) is 28.9 Å². The molecule has 4 nitrogen and oxygen atoms in total. The first-order valence-electron chi connectivity index (χ1n) is 9.70. The molecule has 0 fully saturated rings. The highest BCUT2D eigenvalue weighted by molar-refractivity contribution is 7.99. The minimum atomic E-state index is -4.76. The van der Waals surface area contributed by atoms with Crippen molar-refractivity contribution in [2.45, 2.75) is 47.4 Å². The van der Waals surface area contributed by atoms with Gasteiger partial charge < -0.3 is 14.4 Å². The zero-order valence-electron chi connectivity index (χ0n) is 16.7. The van der Waals surface area contributed by atoms with Crippen LogP contribution in [0.4, 0.5) is 17.6 Å². The molecule has 170 valence electrons. The van der Waals surface area contributed by atoms with E-state index in [9.17, 15) is 27.5 Å². The summed E-state index contributed by atoms with van der Waals surface area (Å²) in [5.41, 5.74) is 0.569. The van der Waals surface area contributed by atoms with Crippen LogP contribution in [0.15, 0.2) is 46.2 Å². The van der Waals surface area contributed by atoms with E-state index in [1.807, 2.05) is 0 Å². The Morgan fingerprint density at radius 1 is 1.31 bits per heavy atom. The summed E-state index contributed by atoms with van der Waals surface area (Å²) in [4.78, 5) is 12.6. The number of alkyl halides is 3. The van der Waals surface area contributed by atoms with Gasteiger partial charge in [-0.05, 0) is 42.8 Å². The Morgan fingerprint density at radius 2 is 2.00 bits per heavy atom. The van der Waals surface area contributed by atoms with Crippen molar-refractivity contribution in [2.75, 3.05) is 7.11 Å². The molecule has 1 aliphatic rings. The number of hydrogen-bond donors (Lipinski definition) is 1. The molecule has 1 N–H and O–H groups in total. The number of fused-ring (bicyclic) bond motifs is 3. The summed E-state index contributed by atoms with van der Waals surface area (Å²) in [7, 11) is 0.928. The van der Waals surface area contributed by atoms with Crippen molar-refractivity contribution < 1.29 is 32.2 Å². The van der Waals surface area contributed by atoms with Crippen LogP contribution < -0.4 is 0 Å². The van der Waals surface area contributed by atoms with Gasteiger partial charge in [0.25, 0.3) is 0 Å². The van der Waals surface area contributed by atoms with Crippen LogP contribution in [0.1, 0.15) is 36.1 Å². The van der Waals surface area contributed by atoms with E-state index in [2.05, 4.69) is 0 Å². The van der Waals surface area contributed by atoms with Gasteiger partial charge in [0, 0.05) is 51.0 Å². The van der Waals surface area contributed by atoms with E-state index >= 15 is 0 Å². The number of carbonyl (C=O) groups is 1. The van der Waals surface area contributed by atoms with Crippen LogP contribution in [-0.2, 0) is 16.1 Å². The summed E-state index contributed by atoms with van der Waals surface area (Å²) in [6, 6.07) is 8.81. The van der Waals surface area contributed by atoms with E-state index in [1.165, 1.54) is 17.8 Å². The SMILES string of the molecule is COC(c1cc(F)cc2c1c(Sc1ccc(Cl)cc1)c1n2CCC1CC(=O)O)C(F)(F)F. The second kappa shape index (κ2) is 8.61. The lowest BCUT2D eigenvalue weighted by molar-refractivity contribution is -0.215. The van der Waals surface area contributed by atoms with Gasteiger partial charge in [0.2, 0.25) is 0 Å². The van der Waals surface area contributed by atoms with Crippen molar-refractivity contribution in [3.05, 3.63) is 58.5 Å². The fourth-order valence-corrected chi connectivity index (χ4v) is 5.64. The Morgan fingerprint density at radius 3 is 2.59 bits per heavy atom. The van der Waals surface area contributed by atoms with Crippen molar-refractivity contribution in [3.8, 4) is 0 Å². The fraction of sp³-hybridized carbons (Fsp3) is 0.318. The lowest BCUT2D eigenvalue weighted by Gasteiger charge is -2.21. The maximum absolute atomic E-state index is 14.5. The molecule has 0 aliphatic carbocycles. The lowest BCUT2D eigenvalue weighted by atomic mass is 9.98. The van der Waals surface area contributed by atoms with Crippen LogP contribution in [0.3, 0.4) is 0 Å². The molecule has 2 atom stereocenters. The number of aliphatic carboxylic acids is 1. The number of aromatic nitrogens is 1. The molecule has 0 saturated heterocycles. The van der Waals surface area contributed by atoms with Crippen molar-refractivity contribution in [3.63, 3.8) is 0 Å². The molecule has 0 amide bonds. The van der Waals surface area contributed by atoms with E-state index in [4.69, 9.17) is 16.3 Å². The number of benzene rings is 2. The Balaban J connectivity index is 2.00. The van der Waals surface area contributed by atoms with E-state index in [0.717, 1.165) is 13.2 Å². The molecule has 0 saturated carbocycles. The average Bonchev–Trinajstić information content (AvgIpc) is 3.22. The topological polar surface area (TPSA) is 51.5 Å². The summed E-state index contributed by atoms with van der Waals surface area (Å²) in [5, 5.41) is 10.1. The first-order valence-corrected chi connectivity index (χ1v) is 10.9. The largest absolute Gasteiger partial charge is 0.481 e. The van der Waals surface area contributed by atoms with Gasteiger partial charge in [0.05, 0.1) is 11.9 Å². The van der Waals surface area contributed by atoms with Gasteiger partial charge in [-0.3, -0.25) is 4.79 Å². The number of methoxy groups -OCH3 is 1. The number of rotatable bonds is 6. The highest BCUT2D eigenvalue weighted by Gasteiger charge is 2.44. The molecule has 0 bridgehead atoms. The van der Waals surface area contributed by atoms with Gasteiger partial charge in [-0.15, -0.1) is 0 Å². The van der Waals surface area contributed by atoms with Gasteiger partial charge >= 0.3 is 12.1 Å². The van der Waals surface area contributed by atoms with Crippen molar-refractivity contribution in [2.24, 2.45) is 0 Å². The van der Waals surface area contributed by atoms with Gasteiger partial charge in [-0.25, -0.2) is 4.39 Å². The fourth-order valence-electron chi connectivity index (χ4n) is 4.30. The monoisotopic (exact) mass is 487 g/mol. The van der Waals surface area contributed by atoms with Crippen LogP contribution in [0.2, 0.25) is 5.02 Å². The minimum absolute atomic E-state index is 0.171. The first-order chi connectivity index (χ1) is 15.1. The number of nitrogens with zero attached hydrogens (tertiary/aromatic N) is 1. The molecular formula is C22H18ClF4NO3S. The molecule has 1 aliphatic heterocycles. The molecule has 2 aromatic carbocycles. The number of halogens is 5. The maximum Gasteiger partial charge on any atom is 0.418 e. The van der Waals surface area contributed by atoms with Crippen LogP contribution in [0.5, 0.6) is 0 Å². The highest BCUT2D eigenvalue weighted by atomic mass is 35.5. The molecule has 0 radical (unpaired) electrons. The highest BCUT2D eigenvalue weighted by Crippen LogP contribution is 2.50. The molecule has 10 heteroatoms. The van der Waals surface area contributed by atoms with Gasteiger partial charge in [-0.2, -0.15) is 13.2 Å². The predicted octanol–water partition coefficient (Wildman–Crippen LogP) is 6.80. The third-order valence-corrected chi connectivity index (χ3v) is 6.89. The molecular weight excluding hydrogens is 470 g/mol. The summed E-state index contributed by atoms with van der Waals surface area (Å²) < 4.78 is 62.3. The van der Waals surface area contributed by atoms with Gasteiger partial charge in [0.1, 0.15) is 5.82 Å². The van der Waals surface area contributed by atoms with E-state index in [1.54, 1.807) is 28.8 Å². The summed E-state index contributed by atoms with van der Waals surface area (Å²) in [5.74, 6) is -2.23. The second-order valence-corrected chi connectivity index (χ2v) is 9.07. The predicted molar refractivity (Wildman–Crippen MR) is 113 cm³/mol. The number of aryl methyl sites for hydroxylation is 1. The lowest BCUT2D eigenvalue weighted by Crippen LogP contribution is -2.23. The van der Waals surface area contributed by atoms with Crippen molar-refractivity contribution in [1.29, 1.82) is 0 Å². The van der Waals surface area contributed by atoms with Crippen LogP contribution >= 0.6 is 23.4 Å². The summed E-state index contributed by atoms with van der Waals surface area (Å²) in [6.07, 6.45) is -6.75. The molecule has 0 spiro atoms. The molecule has 3 aromatic rings. The Bertz CT molecular complexity index is 1180. The van der Waals surface area contributed by atoms with Gasteiger partial charge in [-0.1, -0.05) is 23.4 Å². The summed E-state index contributed by atoms with van der Waals surface area (Å²) >= 11 is 7.16.